The van der Waals surface area contributed by atoms with E-state index >= 15 is 0 Å². The van der Waals surface area contributed by atoms with Crippen molar-refractivity contribution in [2.24, 2.45) is 0 Å². The maximum Gasteiger partial charge on any atom is 0.251 e. The number of aromatic nitrogens is 2. The van der Waals surface area contributed by atoms with Crippen LogP contribution < -0.4 is 5.32 Å². The first-order valence-electron chi connectivity index (χ1n) is 8.52. The van der Waals surface area contributed by atoms with Gasteiger partial charge in [-0.1, -0.05) is 54.6 Å². The van der Waals surface area contributed by atoms with Crippen LogP contribution in [0, 0.1) is 0 Å². The predicted octanol–water partition coefficient (Wildman–Crippen LogP) is 4.74. The zero-order chi connectivity index (χ0) is 18.2. The van der Waals surface area contributed by atoms with Crippen molar-refractivity contribution in [3.8, 4) is 0 Å². The molecule has 1 amide bonds. The molecule has 0 spiro atoms. The molecule has 0 radical (unpaired) electrons. The summed E-state index contributed by atoms with van der Waals surface area (Å²) in [6, 6.07) is 25.1. The molecule has 1 unspecified atom stereocenters. The molecule has 2 aromatic carbocycles. The summed E-state index contributed by atoms with van der Waals surface area (Å²) in [5.41, 5.74) is 2.61. The Morgan fingerprint density at radius 1 is 0.962 bits per heavy atom. The highest BCUT2D eigenvalue weighted by atomic mass is 16.1. The lowest BCUT2D eigenvalue weighted by Gasteiger charge is -2.12. The Hall–Kier alpha value is -3.40. The van der Waals surface area contributed by atoms with E-state index in [9.17, 15) is 4.79 Å². The predicted molar refractivity (Wildman–Crippen MR) is 105 cm³/mol. The van der Waals surface area contributed by atoms with Crippen LogP contribution in [0.4, 0.5) is 0 Å². The van der Waals surface area contributed by atoms with E-state index in [1.165, 1.54) is 0 Å². The zero-order valence-corrected chi connectivity index (χ0v) is 14.6. The third-order valence-corrected chi connectivity index (χ3v) is 3.96. The summed E-state index contributed by atoms with van der Waals surface area (Å²) in [6.07, 6.45) is 3.54. The van der Waals surface area contributed by atoms with Gasteiger partial charge in [0.25, 0.3) is 5.91 Å². The van der Waals surface area contributed by atoms with Gasteiger partial charge in [0.05, 0.1) is 17.8 Å². The van der Waals surface area contributed by atoms with Gasteiger partial charge < -0.3 is 10.3 Å². The van der Waals surface area contributed by atoms with Crippen LogP contribution in [0.5, 0.6) is 0 Å². The normalized spacial score (nSPS) is 11.3. The van der Waals surface area contributed by atoms with Gasteiger partial charge in [0.2, 0.25) is 0 Å². The lowest BCUT2D eigenvalue weighted by Crippen LogP contribution is -2.26. The van der Waals surface area contributed by atoms with Gasteiger partial charge >= 0.3 is 0 Å². The second-order valence-corrected chi connectivity index (χ2v) is 5.90. The van der Waals surface area contributed by atoms with E-state index in [0.717, 1.165) is 16.6 Å². The molecule has 130 valence electrons. The van der Waals surface area contributed by atoms with Crippen molar-refractivity contribution in [1.29, 1.82) is 0 Å². The summed E-state index contributed by atoms with van der Waals surface area (Å²) in [6.45, 7) is 1.96. The molecule has 4 heteroatoms. The molecule has 4 rings (SSSR count). The number of amides is 1. The highest BCUT2D eigenvalue weighted by molar-refractivity contribution is 5.94. The molecular weight excluding hydrogens is 322 g/mol. The number of carbonyl (C=O) groups is 1. The Balaban J connectivity index is 0.000000278. The Bertz CT molecular complexity index is 889. The van der Waals surface area contributed by atoms with Crippen molar-refractivity contribution in [3.05, 3.63) is 103 Å². The highest BCUT2D eigenvalue weighted by Gasteiger charge is 2.13. The Labute approximate surface area is 152 Å². The third-order valence-electron chi connectivity index (χ3n) is 3.96. The Morgan fingerprint density at radius 2 is 1.58 bits per heavy atom. The molecule has 4 aromatic rings. The van der Waals surface area contributed by atoms with Crippen molar-refractivity contribution in [2.75, 3.05) is 0 Å². The number of carbonyl (C=O) groups excluding carboxylic acids is 1. The Kier molecular flexibility index (Phi) is 5.78. The minimum absolute atomic E-state index is 0.0742. The minimum atomic E-state index is -0.0879. The number of hydrogen-bond acceptors (Lipinski definition) is 2. The topological polar surface area (TPSA) is 57.8 Å². The second kappa shape index (κ2) is 8.62. The van der Waals surface area contributed by atoms with E-state index in [1.54, 1.807) is 24.5 Å². The lowest BCUT2D eigenvalue weighted by molar-refractivity contribution is 0.0939. The van der Waals surface area contributed by atoms with Crippen LogP contribution in [0.2, 0.25) is 0 Å². The molecule has 2 heterocycles. The van der Waals surface area contributed by atoms with Crippen molar-refractivity contribution in [3.63, 3.8) is 0 Å². The first-order chi connectivity index (χ1) is 12.7. The average Bonchev–Trinajstić information content (AvgIpc) is 3.15. The van der Waals surface area contributed by atoms with Gasteiger partial charge in [-0.05, 0) is 31.2 Å². The summed E-state index contributed by atoms with van der Waals surface area (Å²) in [4.78, 5) is 19.5. The highest BCUT2D eigenvalue weighted by Crippen LogP contribution is 2.19. The number of hydrogen-bond donors (Lipinski definition) is 2. The second-order valence-electron chi connectivity index (χ2n) is 5.90. The van der Waals surface area contributed by atoms with E-state index in [-0.39, 0.29) is 11.9 Å². The van der Waals surface area contributed by atoms with Gasteiger partial charge in [-0.2, -0.15) is 0 Å². The van der Waals surface area contributed by atoms with E-state index in [2.05, 4.69) is 15.3 Å². The van der Waals surface area contributed by atoms with Gasteiger partial charge in [-0.15, -0.1) is 0 Å². The van der Waals surface area contributed by atoms with Crippen molar-refractivity contribution >= 4 is 16.8 Å². The number of pyridine rings is 1. The number of rotatable bonds is 3. The summed E-state index contributed by atoms with van der Waals surface area (Å²) >= 11 is 0. The van der Waals surface area contributed by atoms with Crippen molar-refractivity contribution in [1.82, 2.24) is 15.3 Å². The summed E-state index contributed by atoms with van der Waals surface area (Å²) < 4.78 is 0. The quantitative estimate of drug-likeness (QED) is 0.564. The largest absolute Gasteiger partial charge is 0.355 e. The maximum atomic E-state index is 12.1. The molecule has 0 bridgehead atoms. The summed E-state index contributed by atoms with van der Waals surface area (Å²) in [7, 11) is 0. The van der Waals surface area contributed by atoms with Crippen LogP contribution in [0.15, 0.2) is 91.3 Å². The molecule has 2 N–H and O–H groups in total. The zero-order valence-electron chi connectivity index (χ0n) is 14.6. The monoisotopic (exact) mass is 343 g/mol. The van der Waals surface area contributed by atoms with Gasteiger partial charge in [0, 0.05) is 22.8 Å². The summed E-state index contributed by atoms with van der Waals surface area (Å²) in [5.74, 6) is -0.0742. The molecule has 0 saturated carbocycles. The third kappa shape index (κ3) is 4.57. The van der Waals surface area contributed by atoms with E-state index < -0.39 is 0 Å². The number of nitrogens with one attached hydrogen (secondary N) is 2. The molecule has 4 nitrogen and oxygen atoms in total. The van der Waals surface area contributed by atoms with Crippen LogP contribution in [0.1, 0.15) is 29.0 Å². The van der Waals surface area contributed by atoms with E-state index in [1.807, 2.05) is 73.7 Å². The first kappa shape index (κ1) is 17.4. The molecule has 1 atom stereocenters. The van der Waals surface area contributed by atoms with Crippen LogP contribution in [-0.4, -0.2) is 15.9 Å². The number of benzene rings is 2. The molecule has 2 aromatic heterocycles. The number of nitrogens with zero attached hydrogens (tertiary/aromatic N) is 1. The van der Waals surface area contributed by atoms with Gasteiger partial charge in [-0.25, -0.2) is 0 Å². The smallest absolute Gasteiger partial charge is 0.251 e. The summed E-state index contributed by atoms with van der Waals surface area (Å²) in [5, 5.41) is 4.08. The van der Waals surface area contributed by atoms with Gasteiger partial charge in [0.15, 0.2) is 0 Å². The number of H-pyrrole nitrogens is 1. The number of fused-ring (bicyclic) bond motifs is 1. The molecule has 0 aliphatic carbocycles. The fraction of sp³-hybridized carbons (Fsp3) is 0.0909. The van der Waals surface area contributed by atoms with Gasteiger partial charge in [-0.3, -0.25) is 9.78 Å². The minimum Gasteiger partial charge on any atom is -0.355 e. The lowest BCUT2D eigenvalue weighted by atomic mass is 10.1. The van der Waals surface area contributed by atoms with Gasteiger partial charge in [0.1, 0.15) is 0 Å². The molecule has 0 saturated heterocycles. The Morgan fingerprint density at radius 3 is 2.19 bits per heavy atom. The molecule has 0 aliphatic rings. The van der Waals surface area contributed by atoms with Crippen molar-refractivity contribution in [2.45, 2.75) is 13.0 Å². The fourth-order valence-corrected chi connectivity index (χ4v) is 2.56. The van der Waals surface area contributed by atoms with E-state index in [0.29, 0.717) is 5.56 Å². The van der Waals surface area contributed by atoms with Crippen molar-refractivity contribution < 1.29 is 4.79 Å². The first-order valence-corrected chi connectivity index (χ1v) is 8.52. The van der Waals surface area contributed by atoms with Crippen LogP contribution in [0.3, 0.4) is 0 Å². The maximum absolute atomic E-state index is 12.1. The SMILES string of the molecule is CC(NC(=O)c1ccccc1)c1cc2ccncc2[nH]1.c1ccccc1. The number of aromatic amines is 1. The van der Waals surface area contributed by atoms with Crippen LogP contribution in [-0.2, 0) is 0 Å². The standard InChI is InChI=1S/C16H15N3O.C6H6/c1-11(18-16(20)12-5-3-2-4-6-12)14-9-13-7-8-17-10-15(13)19-14;1-2-4-6-5-3-1/h2-11,19H,1H3,(H,18,20);1-6H. The fourth-order valence-electron chi connectivity index (χ4n) is 2.56. The van der Waals surface area contributed by atoms with Crippen LogP contribution >= 0.6 is 0 Å². The molecule has 26 heavy (non-hydrogen) atoms. The van der Waals surface area contributed by atoms with Crippen LogP contribution in [0.25, 0.3) is 10.9 Å². The molecular formula is C22H21N3O. The molecule has 0 fully saturated rings. The average molecular weight is 343 g/mol. The molecule has 0 aliphatic heterocycles. The van der Waals surface area contributed by atoms with E-state index in [4.69, 9.17) is 0 Å².